The molecule has 2 aromatic rings. The van der Waals surface area contributed by atoms with E-state index >= 15 is 0 Å². The van der Waals surface area contributed by atoms with Gasteiger partial charge in [0.1, 0.15) is 18.0 Å². The van der Waals surface area contributed by atoms with Crippen molar-refractivity contribution in [2.75, 3.05) is 23.4 Å². The van der Waals surface area contributed by atoms with Gasteiger partial charge in [0.25, 0.3) is 0 Å². The van der Waals surface area contributed by atoms with Crippen LogP contribution in [0, 0.1) is 0 Å². The fraction of sp³-hybridized carbons (Fsp3) is 0.467. The van der Waals surface area contributed by atoms with Crippen molar-refractivity contribution in [2.45, 2.75) is 31.8 Å². The number of aliphatic hydroxyl groups is 1. The lowest BCUT2D eigenvalue weighted by molar-refractivity contribution is 0.266. The zero-order valence-corrected chi connectivity index (χ0v) is 12.9. The third-order valence-corrected chi connectivity index (χ3v) is 4.92. The molecule has 112 valence electrons. The molecular formula is C15H20N4OS. The Morgan fingerprint density at radius 1 is 1.52 bits per heavy atom. The fourth-order valence-corrected chi connectivity index (χ4v) is 3.48. The Labute approximate surface area is 128 Å². The van der Waals surface area contributed by atoms with Gasteiger partial charge in [0.2, 0.25) is 0 Å². The zero-order chi connectivity index (χ0) is 14.7. The van der Waals surface area contributed by atoms with Crippen LogP contribution in [0.2, 0.25) is 0 Å². The van der Waals surface area contributed by atoms with Crippen molar-refractivity contribution < 1.29 is 5.11 Å². The number of aromatic nitrogens is 2. The van der Waals surface area contributed by atoms with Gasteiger partial charge in [0.05, 0.1) is 18.7 Å². The standard InChI is InChI=1S/C15H20N4OS/c1-11(13-5-3-7-21-13)18-14-8-15(17-10-16-14)19-6-2-4-12(19)9-20/h3,5,7-8,10-12,20H,2,4,6,9H2,1H3,(H,16,17,18)/t11-,12+/m0/s1. The summed E-state index contributed by atoms with van der Waals surface area (Å²) in [6, 6.07) is 6.55. The highest BCUT2D eigenvalue weighted by Crippen LogP contribution is 2.26. The number of nitrogens with one attached hydrogen (secondary N) is 1. The minimum Gasteiger partial charge on any atom is -0.394 e. The van der Waals surface area contributed by atoms with Gasteiger partial charge in [-0.25, -0.2) is 9.97 Å². The molecular weight excluding hydrogens is 284 g/mol. The maximum atomic E-state index is 9.44. The molecule has 3 heterocycles. The van der Waals surface area contributed by atoms with Crippen molar-refractivity contribution in [3.8, 4) is 0 Å². The third-order valence-electron chi connectivity index (χ3n) is 3.87. The monoisotopic (exact) mass is 304 g/mol. The molecule has 2 N–H and O–H groups in total. The molecule has 0 aliphatic carbocycles. The van der Waals surface area contributed by atoms with Crippen molar-refractivity contribution >= 4 is 23.0 Å². The van der Waals surface area contributed by atoms with E-state index in [-0.39, 0.29) is 18.7 Å². The molecule has 3 rings (SSSR count). The zero-order valence-electron chi connectivity index (χ0n) is 12.1. The Bertz CT molecular complexity index is 575. The van der Waals surface area contributed by atoms with Gasteiger partial charge in [-0.2, -0.15) is 0 Å². The first-order valence-electron chi connectivity index (χ1n) is 7.27. The summed E-state index contributed by atoms with van der Waals surface area (Å²) in [5.74, 6) is 1.71. The molecule has 0 bridgehead atoms. The first-order valence-corrected chi connectivity index (χ1v) is 8.15. The molecule has 2 aromatic heterocycles. The average molecular weight is 304 g/mol. The van der Waals surface area contributed by atoms with E-state index in [9.17, 15) is 5.11 Å². The SMILES string of the molecule is C[C@H](Nc1cc(N2CCC[C@@H]2CO)ncn1)c1cccs1. The largest absolute Gasteiger partial charge is 0.394 e. The number of hydrogen-bond donors (Lipinski definition) is 2. The lowest BCUT2D eigenvalue weighted by atomic mass is 10.2. The topological polar surface area (TPSA) is 61.3 Å². The second kappa shape index (κ2) is 6.41. The Morgan fingerprint density at radius 2 is 2.43 bits per heavy atom. The number of thiophene rings is 1. The smallest absolute Gasteiger partial charge is 0.134 e. The Kier molecular flexibility index (Phi) is 4.36. The van der Waals surface area contributed by atoms with Crippen LogP contribution in [0.25, 0.3) is 0 Å². The van der Waals surface area contributed by atoms with Crippen molar-refractivity contribution in [3.63, 3.8) is 0 Å². The van der Waals surface area contributed by atoms with E-state index in [1.807, 2.05) is 6.07 Å². The third kappa shape index (κ3) is 3.16. The van der Waals surface area contributed by atoms with E-state index in [4.69, 9.17) is 0 Å². The van der Waals surface area contributed by atoms with Crippen molar-refractivity contribution in [1.82, 2.24) is 9.97 Å². The highest BCUT2D eigenvalue weighted by atomic mass is 32.1. The number of anilines is 2. The lowest BCUT2D eigenvalue weighted by Gasteiger charge is -2.24. The van der Waals surface area contributed by atoms with Crippen LogP contribution < -0.4 is 10.2 Å². The highest BCUT2D eigenvalue weighted by molar-refractivity contribution is 7.10. The Balaban J connectivity index is 1.74. The normalized spacial score (nSPS) is 19.7. The maximum absolute atomic E-state index is 9.44. The molecule has 0 amide bonds. The molecule has 0 spiro atoms. The molecule has 5 nitrogen and oxygen atoms in total. The predicted molar refractivity (Wildman–Crippen MR) is 85.8 cm³/mol. The minimum absolute atomic E-state index is 0.179. The van der Waals surface area contributed by atoms with E-state index in [2.05, 4.69) is 44.6 Å². The quantitative estimate of drug-likeness (QED) is 0.889. The summed E-state index contributed by atoms with van der Waals surface area (Å²) in [6.07, 6.45) is 3.71. The molecule has 0 aromatic carbocycles. The second-order valence-electron chi connectivity index (χ2n) is 5.31. The van der Waals surface area contributed by atoms with E-state index in [1.165, 1.54) is 4.88 Å². The Hall–Kier alpha value is -1.66. The van der Waals surface area contributed by atoms with E-state index < -0.39 is 0 Å². The number of hydrogen-bond acceptors (Lipinski definition) is 6. The summed E-state index contributed by atoms with van der Waals surface area (Å²) in [4.78, 5) is 12.1. The van der Waals surface area contributed by atoms with Crippen LogP contribution in [0.3, 0.4) is 0 Å². The molecule has 1 aliphatic heterocycles. The Morgan fingerprint density at radius 3 is 3.19 bits per heavy atom. The molecule has 1 aliphatic rings. The van der Waals surface area contributed by atoms with E-state index in [1.54, 1.807) is 17.7 Å². The van der Waals surface area contributed by atoms with E-state index in [0.29, 0.717) is 0 Å². The molecule has 0 saturated carbocycles. The van der Waals surface area contributed by atoms with Gasteiger partial charge in [-0.3, -0.25) is 0 Å². The van der Waals surface area contributed by atoms with Gasteiger partial charge < -0.3 is 15.3 Å². The number of nitrogens with zero attached hydrogens (tertiary/aromatic N) is 3. The maximum Gasteiger partial charge on any atom is 0.134 e. The summed E-state index contributed by atoms with van der Waals surface area (Å²) >= 11 is 1.73. The molecule has 1 saturated heterocycles. The van der Waals surface area contributed by atoms with E-state index in [0.717, 1.165) is 31.0 Å². The summed E-state index contributed by atoms with van der Waals surface area (Å²) in [6.45, 7) is 3.25. The first-order chi connectivity index (χ1) is 10.3. The van der Waals surface area contributed by atoms with Gasteiger partial charge in [-0.15, -0.1) is 11.3 Å². The highest BCUT2D eigenvalue weighted by Gasteiger charge is 2.25. The predicted octanol–water partition coefficient (Wildman–Crippen LogP) is 2.67. The van der Waals surface area contributed by atoms with Gasteiger partial charge in [-0.05, 0) is 31.2 Å². The number of aliphatic hydroxyl groups excluding tert-OH is 1. The molecule has 0 radical (unpaired) electrons. The summed E-state index contributed by atoms with van der Waals surface area (Å²) in [5, 5.41) is 14.9. The summed E-state index contributed by atoms with van der Waals surface area (Å²) in [5.41, 5.74) is 0. The lowest BCUT2D eigenvalue weighted by Crippen LogP contribution is -2.32. The fourth-order valence-electron chi connectivity index (χ4n) is 2.74. The molecule has 2 atom stereocenters. The summed E-state index contributed by atoms with van der Waals surface area (Å²) in [7, 11) is 0. The van der Waals surface area contributed by atoms with Crippen LogP contribution in [0.5, 0.6) is 0 Å². The van der Waals surface area contributed by atoms with Crippen LogP contribution in [-0.2, 0) is 0 Å². The van der Waals surface area contributed by atoms with Gasteiger partial charge in [0, 0.05) is 17.5 Å². The van der Waals surface area contributed by atoms with Gasteiger partial charge in [0.15, 0.2) is 0 Å². The van der Waals surface area contributed by atoms with Crippen LogP contribution >= 0.6 is 11.3 Å². The number of rotatable bonds is 5. The minimum atomic E-state index is 0.179. The van der Waals surface area contributed by atoms with Crippen LogP contribution in [0.4, 0.5) is 11.6 Å². The van der Waals surface area contributed by atoms with Gasteiger partial charge >= 0.3 is 0 Å². The molecule has 21 heavy (non-hydrogen) atoms. The van der Waals surface area contributed by atoms with Crippen LogP contribution in [0.15, 0.2) is 29.9 Å². The van der Waals surface area contributed by atoms with Crippen molar-refractivity contribution in [1.29, 1.82) is 0 Å². The average Bonchev–Trinajstić information content (AvgIpc) is 3.18. The first kappa shape index (κ1) is 14.3. The second-order valence-corrected chi connectivity index (χ2v) is 6.29. The van der Waals surface area contributed by atoms with Crippen molar-refractivity contribution in [2.24, 2.45) is 0 Å². The molecule has 0 unspecified atom stereocenters. The van der Waals surface area contributed by atoms with Crippen LogP contribution in [-0.4, -0.2) is 34.3 Å². The van der Waals surface area contributed by atoms with Gasteiger partial charge in [-0.1, -0.05) is 6.07 Å². The summed E-state index contributed by atoms with van der Waals surface area (Å²) < 4.78 is 0. The molecule has 1 fully saturated rings. The van der Waals surface area contributed by atoms with Crippen LogP contribution in [0.1, 0.15) is 30.7 Å². The molecule has 6 heteroatoms. The van der Waals surface area contributed by atoms with Crippen molar-refractivity contribution in [3.05, 3.63) is 34.8 Å².